The number of carboxylic acid groups (broad SMARTS) is 1. The van der Waals surface area contributed by atoms with Crippen molar-refractivity contribution in [2.45, 2.75) is 38.7 Å². The molecule has 0 radical (unpaired) electrons. The number of alkyl halides is 2. The zero-order chi connectivity index (χ0) is 12.4. The van der Waals surface area contributed by atoms with Crippen LogP contribution >= 0.6 is 0 Å². The predicted molar refractivity (Wildman–Crippen MR) is 53.9 cm³/mol. The number of aromatic nitrogens is 3. The quantitative estimate of drug-likeness (QED) is 0.882. The molecule has 0 aliphatic heterocycles. The standard InChI is InChI=1S/C10H13F2N3O2/c11-9(12)8-7(10(16)17)13-14-15(8)5-6-3-1-2-4-6/h6,9H,1-5H2,(H,16,17). The maximum atomic E-state index is 12.8. The van der Waals surface area contributed by atoms with Crippen molar-refractivity contribution in [2.24, 2.45) is 5.92 Å². The van der Waals surface area contributed by atoms with Gasteiger partial charge in [0.2, 0.25) is 0 Å². The Kier molecular flexibility index (Phi) is 3.35. The number of aromatic carboxylic acids is 1. The van der Waals surface area contributed by atoms with E-state index in [1.54, 1.807) is 0 Å². The highest BCUT2D eigenvalue weighted by molar-refractivity contribution is 5.86. The first-order chi connectivity index (χ1) is 8.09. The minimum Gasteiger partial charge on any atom is -0.476 e. The number of carbonyl (C=O) groups is 1. The molecule has 0 spiro atoms. The zero-order valence-electron chi connectivity index (χ0n) is 9.14. The van der Waals surface area contributed by atoms with Crippen LogP contribution in [-0.2, 0) is 6.54 Å². The Morgan fingerprint density at radius 3 is 2.65 bits per heavy atom. The second-order valence-corrected chi connectivity index (χ2v) is 4.26. The van der Waals surface area contributed by atoms with E-state index in [-0.39, 0.29) is 0 Å². The Hall–Kier alpha value is -1.53. The molecule has 2 rings (SSSR count). The number of hydrogen-bond donors (Lipinski definition) is 1. The summed E-state index contributed by atoms with van der Waals surface area (Å²) < 4.78 is 26.6. The topological polar surface area (TPSA) is 68.0 Å². The zero-order valence-corrected chi connectivity index (χ0v) is 9.14. The van der Waals surface area contributed by atoms with Crippen molar-refractivity contribution in [3.63, 3.8) is 0 Å². The van der Waals surface area contributed by atoms with Crippen LogP contribution in [0.2, 0.25) is 0 Å². The van der Waals surface area contributed by atoms with Crippen LogP contribution in [0.25, 0.3) is 0 Å². The van der Waals surface area contributed by atoms with Gasteiger partial charge in [0, 0.05) is 6.54 Å². The highest BCUT2D eigenvalue weighted by Crippen LogP contribution is 2.28. The fourth-order valence-electron chi connectivity index (χ4n) is 2.26. The molecular weight excluding hydrogens is 232 g/mol. The van der Waals surface area contributed by atoms with Crippen LogP contribution in [0.15, 0.2) is 0 Å². The molecule has 0 bridgehead atoms. The summed E-state index contributed by atoms with van der Waals surface area (Å²) in [4.78, 5) is 10.7. The van der Waals surface area contributed by atoms with Crippen molar-refractivity contribution < 1.29 is 18.7 Å². The van der Waals surface area contributed by atoms with Crippen LogP contribution in [0.5, 0.6) is 0 Å². The number of hydrogen-bond acceptors (Lipinski definition) is 3. The predicted octanol–water partition coefficient (Wildman–Crippen LogP) is 2.10. The Morgan fingerprint density at radius 2 is 2.12 bits per heavy atom. The monoisotopic (exact) mass is 245 g/mol. The first-order valence-electron chi connectivity index (χ1n) is 5.54. The molecule has 1 aliphatic rings. The highest BCUT2D eigenvalue weighted by Gasteiger charge is 2.28. The SMILES string of the molecule is O=C(O)c1nnn(CC2CCCC2)c1C(F)F. The molecule has 17 heavy (non-hydrogen) atoms. The highest BCUT2D eigenvalue weighted by atomic mass is 19.3. The molecule has 94 valence electrons. The van der Waals surface area contributed by atoms with Gasteiger partial charge in [0.1, 0.15) is 5.69 Å². The number of halogens is 2. The van der Waals surface area contributed by atoms with Crippen molar-refractivity contribution in [2.75, 3.05) is 0 Å². The van der Waals surface area contributed by atoms with Gasteiger partial charge in [-0.1, -0.05) is 18.1 Å². The average Bonchev–Trinajstić information content (AvgIpc) is 2.86. The fourth-order valence-corrected chi connectivity index (χ4v) is 2.26. The number of nitrogens with zero attached hydrogens (tertiary/aromatic N) is 3. The number of rotatable bonds is 4. The molecular formula is C10H13F2N3O2. The average molecular weight is 245 g/mol. The molecule has 1 saturated carbocycles. The van der Waals surface area contributed by atoms with E-state index in [2.05, 4.69) is 10.3 Å². The van der Waals surface area contributed by atoms with Crippen LogP contribution < -0.4 is 0 Å². The van der Waals surface area contributed by atoms with Gasteiger partial charge in [-0.25, -0.2) is 18.3 Å². The molecule has 0 saturated heterocycles. The van der Waals surface area contributed by atoms with E-state index in [0.717, 1.165) is 30.4 Å². The summed E-state index contributed by atoms with van der Waals surface area (Å²) in [7, 11) is 0. The van der Waals surface area contributed by atoms with Gasteiger partial charge in [0.05, 0.1) is 0 Å². The van der Waals surface area contributed by atoms with Crippen LogP contribution in [-0.4, -0.2) is 26.1 Å². The fraction of sp³-hybridized carbons (Fsp3) is 0.700. The molecule has 1 aromatic heterocycles. The van der Waals surface area contributed by atoms with Crippen molar-refractivity contribution >= 4 is 5.97 Å². The molecule has 5 nitrogen and oxygen atoms in total. The van der Waals surface area contributed by atoms with Crippen molar-refractivity contribution in [1.82, 2.24) is 15.0 Å². The van der Waals surface area contributed by atoms with Crippen LogP contribution in [0.3, 0.4) is 0 Å². The Labute approximate surface area is 96.4 Å². The lowest BCUT2D eigenvalue weighted by molar-refractivity contribution is 0.0675. The molecule has 1 aromatic rings. The lowest BCUT2D eigenvalue weighted by atomic mass is 10.1. The van der Waals surface area contributed by atoms with Gasteiger partial charge < -0.3 is 5.11 Å². The number of carboxylic acids is 1. The summed E-state index contributed by atoms with van der Waals surface area (Å²) in [5, 5.41) is 15.6. The largest absolute Gasteiger partial charge is 0.476 e. The Morgan fingerprint density at radius 1 is 1.47 bits per heavy atom. The van der Waals surface area contributed by atoms with Gasteiger partial charge in [-0.3, -0.25) is 0 Å². The summed E-state index contributed by atoms with van der Waals surface area (Å²) in [6, 6.07) is 0. The normalized spacial score (nSPS) is 16.9. The van der Waals surface area contributed by atoms with E-state index >= 15 is 0 Å². The van der Waals surface area contributed by atoms with E-state index in [0.29, 0.717) is 12.5 Å². The Balaban J connectivity index is 2.23. The van der Waals surface area contributed by atoms with Crippen molar-refractivity contribution in [1.29, 1.82) is 0 Å². The minimum absolute atomic E-state index is 0.302. The second kappa shape index (κ2) is 4.77. The van der Waals surface area contributed by atoms with E-state index in [9.17, 15) is 13.6 Å². The summed E-state index contributed by atoms with van der Waals surface area (Å²) in [5.41, 5.74) is -1.22. The van der Waals surface area contributed by atoms with Crippen molar-refractivity contribution in [3.05, 3.63) is 11.4 Å². The lowest BCUT2D eigenvalue weighted by Gasteiger charge is -2.10. The third-order valence-electron chi connectivity index (χ3n) is 3.09. The van der Waals surface area contributed by atoms with Gasteiger partial charge in [0.15, 0.2) is 5.69 Å². The molecule has 0 aromatic carbocycles. The third kappa shape index (κ3) is 2.42. The first kappa shape index (κ1) is 11.9. The van der Waals surface area contributed by atoms with Crippen molar-refractivity contribution in [3.8, 4) is 0 Å². The van der Waals surface area contributed by atoms with Crippen LogP contribution in [0.1, 0.15) is 48.3 Å². The summed E-state index contributed by atoms with van der Waals surface area (Å²) in [6.07, 6.45) is 1.28. The summed E-state index contributed by atoms with van der Waals surface area (Å²) in [6.45, 7) is 0.333. The maximum Gasteiger partial charge on any atom is 0.358 e. The molecule has 7 heteroatoms. The summed E-state index contributed by atoms with van der Waals surface area (Å²) in [5.74, 6) is -1.16. The molecule has 1 N–H and O–H groups in total. The smallest absolute Gasteiger partial charge is 0.358 e. The van der Waals surface area contributed by atoms with Gasteiger partial charge in [-0.15, -0.1) is 5.10 Å². The molecule has 1 heterocycles. The van der Waals surface area contributed by atoms with Crippen LogP contribution in [0, 0.1) is 5.92 Å². The lowest BCUT2D eigenvalue weighted by Crippen LogP contribution is -2.13. The second-order valence-electron chi connectivity index (χ2n) is 4.26. The molecule has 0 unspecified atom stereocenters. The van der Waals surface area contributed by atoms with Crippen LogP contribution in [0.4, 0.5) is 8.78 Å². The maximum absolute atomic E-state index is 12.8. The molecule has 0 atom stereocenters. The molecule has 1 fully saturated rings. The Bertz CT molecular complexity index is 414. The molecule has 0 amide bonds. The van der Waals surface area contributed by atoms with E-state index < -0.39 is 23.8 Å². The summed E-state index contributed by atoms with van der Waals surface area (Å²) >= 11 is 0. The molecule has 1 aliphatic carbocycles. The first-order valence-corrected chi connectivity index (χ1v) is 5.54. The third-order valence-corrected chi connectivity index (χ3v) is 3.09. The van der Waals surface area contributed by atoms with E-state index in [4.69, 9.17) is 5.11 Å². The van der Waals surface area contributed by atoms with Gasteiger partial charge in [-0.05, 0) is 18.8 Å². The van der Waals surface area contributed by atoms with E-state index in [1.165, 1.54) is 0 Å². The van der Waals surface area contributed by atoms with Gasteiger partial charge in [-0.2, -0.15) is 0 Å². The van der Waals surface area contributed by atoms with Gasteiger partial charge >= 0.3 is 5.97 Å². The minimum atomic E-state index is -2.86. The van der Waals surface area contributed by atoms with Gasteiger partial charge in [0.25, 0.3) is 6.43 Å². The van der Waals surface area contributed by atoms with E-state index in [1.807, 2.05) is 0 Å².